The Kier molecular flexibility index (Phi) is 11.1. The third-order valence-corrected chi connectivity index (χ3v) is 10.9. The van der Waals surface area contributed by atoms with Gasteiger partial charge in [-0.3, -0.25) is 4.79 Å². The van der Waals surface area contributed by atoms with Crippen LogP contribution in [-0.2, 0) is 33.2 Å². The van der Waals surface area contributed by atoms with Gasteiger partial charge in [0.1, 0.15) is 66.6 Å². The SMILES string of the molecule is C[C@@H]1CO[C@@]2(C[C@@H]1OC(=O)c1ccccc1)O[C@@H]1C[C@@H](C(=O)O[C@@H]3C[C@H](O)[C@@H](O)[C@H](O)[C@H]3OC3O[C@H](CO)[C@@H](O)[C@H](O)[C@H]3O)C[C@H](O)[C@]1(O)[C@H]2O. The lowest BCUT2D eigenvalue weighted by molar-refractivity contribution is -0.333. The number of ether oxygens (including phenoxy) is 6. The van der Waals surface area contributed by atoms with Crippen molar-refractivity contribution < 1.29 is 89.1 Å². The van der Waals surface area contributed by atoms with E-state index >= 15 is 0 Å². The summed E-state index contributed by atoms with van der Waals surface area (Å²) in [6.45, 7) is 0.950. The van der Waals surface area contributed by atoms with Crippen molar-refractivity contribution in [1.82, 2.24) is 0 Å². The number of aliphatic hydroxyl groups is 10. The first-order valence-electron chi connectivity index (χ1n) is 17.0. The van der Waals surface area contributed by atoms with E-state index in [9.17, 15) is 60.7 Å². The van der Waals surface area contributed by atoms with E-state index in [-0.39, 0.29) is 25.4 Å². The van der Waals surface area contributed by atoms with Gasteiger partial charge >= 0.3 is 11.9 Å². The van der Waals surface area contributed by atoms with Crippen molar-refractivity contribution in [2.45, 2.75) is 130 Å². The van der Waals surface area contributed by atoms with E-state index in [1.54, 1.807) is 37.3 Å². The van der Waals surface area contributed by atoms with Crippen molar-refractivity contribution in [3.8, 4) is 0 Å². The van der Waals surface area contributed by atoms with Gasteiger partial charge in [0.15, 0.2) is 6.29 Å². The van der Waals surface area contributed by atoms with Gasteiger partial charge in [0.05, 0.1) is 43.0 Å². The van der Waals surface area contributed by atoms with Crippen LogP contribution in [0, 0.1) is 11.8 Å². The average Bonchev–Trinajstić information content (AvgIpc) is 3.33. The number of rotatable bonds is 7. The van der Waals surface area contributed by atoms with Gasteiger partial charge in [-0.15, -0.1) is 0 Å². The average molecular weight is 731 g/mol. The number of benzene rings is 1. The highest BCUT2D eigenvalue weighted by Gasteiger charge is 2.70. The zero-order valence-corrected chi connectivity index (χ0v) is 27.6. The first kappa shape index (κ1) is 38.3. The van der Waals surface area contributed by atoms with Gasteiger partial charge in [0.2, 0.25) is 5.79 Å². The minimum Gasteiger partial charge on any atom is -0.459 e. The van der Waals surface area contributed by atoms with E-state index in [0.29, 0.717) is 5.56 Å². The minimum atomic E-state index is -2.30. The largest absolute Gasteiger partial charge is 0.459 e. The van der Waals surface area contributed by atoms with E-state index in [4.69, 9.17) is 28.4 Å². The van der Waals surface area contributed by atoms with Crippen molar-refractivity contribution in [1.29, 1.82) is 0 Å². The van der Waals surface area contributed by atoms with Crippen molar-refractivity contribution in [2.24, 2.45) is 11.8 Å². The lowest BCUT2D eigenvalue weighted by Crippen LogP contribution is -2.64. The monoisotopic (exact) mass is 730 g/mol. The molecule has 5 fully saturated rings. The van der Waals surface area contributed by atoms with Gasteiger partial charge < -0.3 is 79.5 Å². The van der Waals surface area contributed by atoms with Crippen molar-refractivity contribution >= 4 is 11.9 Å². The Balaban J connectivity index is 1.15. The number of fused-ring (bicyclic) bond motifs is 1. The number of hydrogen-bond donors (Lipinski definition) is 10. The van der Waals surface area contributed by atoms with E-state index < -0.39 is 134 Å². The fourth-order valence-electron chi connectivity index (χ4n) is 7.71. The number of hydrogen-bond acceptors (Lipinski definition) is 18. The lowest BCUT2D eigenvalue weighted by atomic mass is 9.71. The molecule has 18 nitrogen and oxygen atoms in total. The summed E-state index contributed by atoms with van der Waals surface area (Å²) in [7, 11) is 0. The molecule has 0 aromatic heterocycles. The maximum absolute atomic E-state index is 13.6. The van der Waals surface area contributed by atoms with Crippen LogP contribution < -0.4 is 0 Å². The molecular formula is C33H46O18. The zero-order chi connectivity index (χ0) is 37.0. The van der Waals surface area contributed by atoms with Crippen LogP contribution in [-0.4, -0.2) is 173 Å². The Labute approximate surface area is 291 Å². The fraction of sp³-hybridized carbons (Fsp3) is 0.758. The fourth-order valence-corrected chi connectivity index (χ4v) is 7.71. The van der Waals surface area contributed by atoms with Gasteiger partial charge in [-0.1, -0.05) is 25.1 Å². The molecule has 0 radical (unpaired) electrons. The summed E-state index contributed by atoms with van der Waals surface area (Å²) >= 11 is 0. The van der Waals surface area contributed by atoms with Crippen LogP contribution in [0.25, 0.3) is 0 Å². The normalized spacial score (nSPS) is 48.5. The molecule has 1 spiro atoms. The Hall–Kier alpha value is -2.40. The quantitative estimate of drug-likeness (QED) is 0.119. The summed E-state index contributed by atoms with van der Waals surface area (Å²) in [6.07, 6.45) is -24.2. The molecule has 6 rings (SSSR count). The summed E-state index contributed by atoms with van der Waals surface area (Å²) in [5.74, 6) is -5.04. The standard InChI is InChI=1S/C33H46O18/c1-13-12-46-32(10-18(13)48-28(42)14-5-3-2-4-6-14)31(44)33(45)20(36)7-15(8-21(33)51-32)29(43)47-17-9-16(35)22(37)25(40)27(17)50-30-26(41)24(39)23(38)19(11-34)49-30/h2-6,13,15-27,30-31,34-41,44-45H,7-12H2,1H3/t13-,15+,16+,17-,18+,19-,20+,21-,22-,23-,24+,25+,26-,27+,30?,31+,32+,33-/m1/s1. The van der Waals surface area contributed by atoms with Gasteiger partial charge in [-0.2, -0.15) is 0 Å². The number of aliphatic hydroxyl groups excluding tert-OH is 9. The lowest BCUT2D eigenvalue weighted by Gasteiger charge is -2.46. The van der Waals surface area contributed by atoms with E-state index in [0.717, 1.165) is 0 Å². The van der Waals surface area contributed by atoms with Crippen LogP contribution in [0.15, 0.2) is 30.3 Å². The number of carbonyl (C=O) groups excluding carboxylic acids is 2. The van der Waals surface area contributed by atoms with Crippen molar-refractivity contribution in [3.05, 3.63) is 35.9 Å². The molecule has 51 heavy (non-hydrogen) atoms. The van der Waals surface area contributed by atoms with E-state index in [2.05, 4.69) is 0 Å². The van der Waals surface area contributed by atoms with Crippen LogP contribution >= 0.6 is 0 Å². The molecule has 3 aliphatic heterocycles. The third kappa shape index (κ3) is 6.92. The molecule has 1 unspecified atom stereocenters. The second-order valence-electron chi connectivity index (χ2n) is 14.3. The molecule has 3 saturated heterocycles. The second-order valence-corrected chi connectivity index (χ2v) is 14.3. The van der Waals surface area contributed by atoms with Gasteiger partial charge in [-0.25, -0.2) is 4.79 Å². The highest BCUT2D eigenvalue weighted by molar-refractivity contribution is 5.89. The molecule has 2 saturated carbocycles. The van der Waals surface area contributed by atoms with Crippen LogP contribution in [0.1, 0.15) is 43.0 Å². The van der Waals surface area contributed by atoms with Crippen LogP contribution in [0.4, 0.5) is 0 Å². The highest BCUT2D eigenvalue weighted by Crippen LogP contribution is 2.52. The van der Waals surface area contributed by atoms with Gasteiger partial charge in [0.25, 0.3) is 0 Å². The molecular weight excluding hydrogens is 684 g/mol. The first-order valence-corrected chi connectivity index (χ1v) is 17.0. The Morgan fingerprint density at radius 3 is 2.25 bits per heavy atom. The molecule has 1 aromatic carbocycles. The zero-order valence-electron chi connectivity index (χ0n) is 27.6. The smallest absolute Gasteiger partial charge is 0.338 e. The minimum absolute atomic E-state index is 0.0395. The molecule has 0 amide bonds. The van der Waals surface area contributed by atoms with E-state index in [1.165, 1.54) is 0 Å². The summed E-state index contributed by atoms with van der Waals surface area (Å²) in [6, 6.07) is 8.25. The molecule has 18 heteroatoms. The Bertz CT molecular complexity index is 1380. The second kappa shape index (κ2) is 14.8. The van der Waals surface area contributed by atoms with Crippen LogP contribution in [0.5, 0.6) is 0 Å². The molecule has 5 aliphatic rings. The molecule has 1 aromatic rings. The van der Waals surface area contributed by atoms with Crippen molar-refractivity contribution in [2.75, 3.05) is 13.2 Å². The molecule has 2 aliphatic carbocycles. The predicted molar refractivity (Wildman–Crippen MR) is 164 cm³/mol. The third-order valence-electron chi connectivity index (χ3n) is 10.9. The van der Waals surface area contributed by atoms with Crippen molar-refractivity contribution in [3.63, 3.8) is 0 Å². The summed E-state index contributed by atoms with van der Waals surface area (Å²) in [5.41, 5.74) is -2.00. The summed E-state index contributed by atoms with van der Waals surface area (Å²) in [5, 5.41) is 106. The molecule has 3 heterocycles. The number of esters is 2. The van der Waals surface area contributed by atoms with E-state index in [1.807, 2.05) is 0 Å². The predicted octanol–water partition coefficient (Wildman–Crippen LogP) is -4.19. The Morgan fingerprint density at radius 1 is 0.863 bits per heavy atom. The Morgan fingerprint density at radius 2 is 1.57 bits per heavy atom. The first-order chi connectivity index (χ1) is 24.1. The van der Waals surface area contributed by atoms with Gasteiger partial charge in [0, 0.05) is 18.8 Å². The summed E-state index contributed by atoms with van der Waals surface area (Å²) in [4.78, 5) is 26.4. The van der Waals surface area contributed by atoms with Crippen LogP contribution in [0.3, 0.4) is 0 Å². The van der Waals surface area contributed by atoms with Crippen LogP contribution in [0.2, 0.25) is 0 Å². The van der Waals surface area contributed by atoms with Gasteiger partial charge in [-0.05, 0) is 25.0 Å². The highest BCUT2D eigenvalue weighted by atomic mass is 16.7. The molecule has 10 N–H and O–H groups in total. The maximum Gasteiger partial charge on any atom is 0.338 e. The topological polar surface area (TPSA) is 292 Å². The maximum atomic E-state index is 13.6. The molecule has 286 valence electrons. The summed E-state index contributed by atoms with van der Waals surface area (Å²) < 4.78 is 34.4. The molecule has 0 bridgehead atoms. The number of carbonyl (C=O) groups is 2. The molecule has 18 atom stereocenters.